The molecule has 6 heteroatoms. The van der Waals surface area contributed by atoms with Crippen LogP contribution >= 0.6 is 0 Å². The van der Waals surface area contributed by atoms with E-state index in [0.717, 1.165) is 48.8 Å². The molecule has 0 aromatic heterocycles. The first-order valence-corrected chi connectivity index (χ1v) is 12.7. The van der Waals surface area contributed by atoms with Crippen LogP contribution in [0.25, 0.3) is 0 Å². The first-order valence-electron chi connectivity index (χ1n) is 12.7. The molecule has 6 nitrogen and oxygen atoms in total. The maximum absolute atomic E-state index is 13.9. The molecule has 1 heterocycles. The Kier molecular flexibility index (Phi) is 6.94. The van der Waals surface area contributed by atoms with Gasteiger partial charge < -0.3 is 20.1 Å². The van der Waals surface area contributed by atoms with Crippen LogP contribution in [-0.2, 0) is 11.2 Å². The van der Waals surface area contributed by atoms with Crippen molar-refractivity contribution in [2.24, 2.45) is 0 Å². The second kappa shape index (κ2) is 10.4. The maximum atomic E-state index is 13.9. The minimum absolute atomic E-state index is 0.0500. The number of phenols is 1. The average Bonchev–Trinajstić information content (AvgIpc) is 3.43. The molecule has 2 aliphatic rings. The van der Waals surface area contributed by atoms with Crippen molar-refractivity contribution in [3.05, 3.63) is 95.1 Å². The van der Waals surface area contributed by atoms with Gasteiger partial charge >= 0.3 is 0 Å². The summed E-state index contributed by atoms with van der Waals surface area (Å²) in [5.41, 5.74) is 3.20. The fourth-order valence-electron chi connectivity index (χ4n) is 5.78. The van der Waals surface area contributed by atoms with Gasteiger partial charge in [-0.05, 0) is 48.6 Å². The third-order valence-electron chi connectivity index (χ3n) is 7.47. The van der Waals surface area contributed by atoms with Gasteiger partial charge in [-0.25, -0.2) is 0 Å². The lowest BCUT2D eigenvalue weighted by atomic mass is 9.78. The van der Waals surface area contributed by atoms with Gasteiger partial charge in [0.2, 0.25) is 5.91 Å². The highest BCUT2D eigenvalue weighted by molar-refractivity contribution is 6.01. The van der Waals surface area contributed by atoms with Crippen molar-refractivity contribution in [1.29, 1.82) is 0 Å². The lowest BCUT2D eigenvalue weighted by molar-refractivity contribution is -0.124. The molecule has 0 spiro atoms. The second-order valence-electron chi connectivity index (χ2n) is 9.61. The second-order valence-corrected chi connectivity index (χ2v) is 9.61. The normalized spacial score (nSPS) is 19.7. The van der Waals surface area contributed by atoms with Gasteiger partial charge in [-0.15, -0.1) is 0 Å². The molecular weight excluding hydrogens is 452 g/mol. The number of ether oxygens (including phenoxy) is 1. The number of aromatic hydroxyl groups is 1. The van der Waals surface area contributed by atoms with Crippen LogP contribution in [0.1, 0.15) is 64.7 Å². The van der Waals surface area contributed by atoms with E-state index >= 15 is 0 Å². The summed E-state index contributed by atoms with van der Waals surface area (Å²) in [7, 11) is 1.55. The maximum Gasteiger partial charge on any atom is 0.254 e. The number of nitrogens with one attached hydrogen (secondary N) is 1. The topological polar surface area (TPSA) is 78.9 Å². The number of phenolic OH excluding ortho intramolecular Hbond substituents is 1. The molecule has 0 saturated heterocycles. The molecule has 3 aromatic rings. The van der Waals surface area contributed by atoms with Gasteiger partial charge in [0.25, 0.3) is 5.91 Å². The number of methoxy groups -OCH3 is 1. The summed E-state index contributed by atoms with van der Waals surface area (Å²) in [6.45, 7) is 0.498. The fraction of sp³-hybridized carbons (Fsp3) is 0.333. The van der Waals surface area contributed by atoms with Crippen molar-refractivity contribution in [2.75, 3.05) is 13.7 Å². The number of benzene rings is 3. The van der Waals surface area contributed by atoms with Gasteiger partial charge in [-0.3, -0.25) is 9.59 Å². The van der Waals surface area contributed by atoms with E-state index in [1.165, 1.54) is 0 Å². The Morgan fingerprint density at radius 2 is 1.72 bits per heavy atom. The molecule has 0 unspecified atom stereocenters. The highest BCUT2D eigenvalue weighted by Crippen LogP contribution is 2.48. The Hall–Kier alpha value is -3.80. The predicted molar refractivity (Wildman–Crippen MR) is 138 cm³/mol. The van der Waals surface area contributed by atoms with Crippen molar-refractivity contribution in [3.8, 4) is 11.5 Å². The van der Waals surface area contributed by atoms with Gasteiger partial charge in [-0.2, -0.15) is 0 Å². The highest BCUT2D eigenvalue weighted by atomic mass is 16.5. The zero-order valence-electron chi connectivity index (χ0n) is 20.5. The quantitative estimate of drug-likeness (QED) is 0.496. The van der Waals surface area contributed by atoms with E-state index in [0.29, 0.717) is 17.9 Å². The predicted octanol–water partition coefficient (Wildman–Crippen LogP) is 4.98. The van der Waals surface area contributed by atoms with E-state index in [-0.39, 0.29) is 23.6 Å². The van der Waals surface area contributed by atoms with Crippen molar-refractivity contribution >= 4 is 11.8 Å². The van der Waals surface area contributed by atoms with Crippen LogP contribution < -0.4 is 10.1 Å². The number of hydrogen-bond acceptors (Lipinski definition) is 4. The standard InChI is InChI=1S/C30H32N2O4/c1-36-26-19-22(33)15-16-25(26)28-27(29(34)31-18-17-20-9-3-2-4-10-20)23-13-7-8-14-24(23)30(35)32(28)21-11-5-6-12-21/h2-4,7-10,13-16,19,21,27-28,33H,5-6,11-12,17-18H2,1H3,(H,31,34)/t27-,28+/m1/s1. The summed E-state index contributed by atoms with van der Waals surface area (Å²) in [5.74, 6) is -0.222. The number of rotatable bonds is 7. The number of carbonyl (C=O) groups is 2. The van der Waals surface area contributed by atoms with Gasteiger partial charge in [-0.1, -0.05) is 61.4 Å². The van der Waals surface area contributed by atoms with E-state index in [2.05, 4.69) is 5.32 Å². The van der Waals surface area contributed by atoms with Crippen LogP contribution in [0, 0.1) is 0 Å². The number of hydrogen-bond donors (Lipinski definition) is 2. The van der Waals surface area contributed by atoms with E-state index in [4.69, 9.17) is 4.74 Å². The largest absolute Gasteiger partial charge is 0.508 e. The Morgan fingerprint density at radius 1 is 1.00 bits per heavy atom. The number of fused-ring (bicyclic) bond motifs is 1. The van der Waals surface area contributed by atoms with Crippen LogP contribution in [0.5, 0.6) is 11.5 Å². The Bertz CT molecular complexity index is 1240. The number of carbonyl (C=O) groups excluding carboxylic acids is 2. The molecule has 1 aliphatic heterocycles. The van der Waals surface area contributed by atoms with Gasteiger partial charge in [0.15, 0.2) is 0 Å². The minimum Gasteiger partial charge on any atom is -0.508 e. The molecule has 186 valence electrons. The van der Waals surface area contributed by atoms with E-state index in [1.54, 1.807) is 25.3 Å². The SMILES string of the molecule is COc1cc(O)ccc1[C@H]1[C@H](C(=O)NCCc2ccccc2)c2ccccc2C(=O)N1C1CCCC1. The lowest BCUT2D eigenvalue weighted by Crippen LogP contribution is -2.51. The zero-order valence-corrected chi connectivity index (χ0v) is 20.5. The van der Waals surface area contributed by atoms with Crippen LogP contribution in [0.3, 0.4) is 0 Å². The zero-order chi connectivity index (χ0) is 25.1. The minimum atomic E-state index is -0.603. The molecule has 36 heavy (non-hydrogen) atoms. The molecule has 2 atom stereocenters. The molecule has 1 saturated carbocycles. The summed E-state index contributed by atoms with van der Waals surface area (Å²) in [6, 6.07) is 22.0. The Balaban J connectivity index is 1.57. The molecule has 2 N–H and O–H groups in total. The van der Waals surface area contributed by atoms with E-state index in [9.17, 15) is 14.7 Å². The monoisotopic (exact) mass is 484 g/mol. The molecule has 0 radical (unpaired) electrons. The average molecular weight is 485 g/mol. The summed E-state index contributed by atoms with van der Waals surface area (Å²) in [6.07, 6.45) is 4.66. The van der Waals surface area contributed by atoms with Crippen molar-refractivity contribution in [1.82, 2.24) is 10.2 Å². The van der Waals surface area contributed by atoms with Crippen LogP contribution in [0.2, 0.25) is 0 Å². The van der Waals surface area contributed by atoms with Crippen LogP contribution in [0.4, 0.5) is 0 Å². The third kappa shape index (κ3) is 4.55. The number of nitrogens with zero attached hydrogens (tertiary/aromatic N) is 1. The summed E-state index contributed by atoms with van der Waals surface area (Å²) >= 11 is 0. The van der Waals surface area contributed by atoms with Gasteiger partial charge in [0.1, 0.15) is 11.5 Å². The Morgan fingerprint density at radius 3 is 2.47 bits per heavy atom. The number of amides is 2. The molecule has 3 aromatic carbocycles. The van der Waals surface area contributed by atoms with Crippen molar-refractivity contribution in [3.63, 3.8) is 0 Å². The van der Waals surface area contributed by atoms with Crippen LogP contribution in [-0.4, -0.2) is 41.5 Å². The first kappa shape index (κ1) is 23.9. The summed E-state index contributed by atoms with van der Waals surface area (Å²) < 4.78 is 5.65. The first-order chi connectivity index (χ1) is 17.6. The molecular formula is C30H32N2O4. The van der Waals surface area contributed by atoms with E-state index < -0.39 is 12.0 Å². The third-order valence-corrected chi connectivity index (χ3v) is 7.47. The van der Waals surface area contributed by atoms with Gasteiger partial charge in [0.05, 0.1) is 19.1 Å². The molecule has 2 amide bonds. The smallest absolute Gasteiger partial charge is 0.254 e. The van der Waals surface area contributed by atoms with E-state index in [1.807, 2.05) is 59.5 Å². The highest BCUT2D eigenvalue weighted by Gasteiger charge is 2.47. The molecule has 1 fully saturated rings. The molecule has 0 bridgehead atoms. The Labute approximate surface area is 211 Å². The summed E-state index contributed by atoms with van der Waals surface area (Å²) in [5, 5.41) is 13.3. The lowest BCUT2D eigenvalue weighted by Gasteiger charge is -2.45. The molecule has 1 aliphatic carbocycles. The summed E-state index contributed by atoms with van der Waals surface area (Å²) in [4.78, 5) is 29.8. The van der Waals surface area contributed by atoms with Crippen LogP contribution in [0.15, 0.2) is 72.8 Å². The molecule has 5 rings (SSSR count). The van der Waals surface area contributed by atoms with Crippen molar-refractivity contribution < 1.29 is 19.4 Å². The fourth-order valence-corrected chi connectivity index (χ4v) is 5.78. The van der Waals surface area contributed by atoms with Gasteiger partial charge in [0, 0.05) is 29.8 Å². The van der Waals surface area contributed by atoms with Crippen molar-refractivity contribution in [2.45, 2.75) is 50.1 Å².